The summed E-state index contributed by atoms with van der Waals surface area (Å²) in [5.74, 6) is 4.85. The number of allylic oxidation sites excluding steroid dienone is 4. The molecule has 0 amide bonds. The molecule has 0 spiro atoms. The van der Waals surface area contributed by atoms with Crippen LogP contribution >= 0.6 is 11.6 Å². The molecule has 0 saturated heterocycles. The summed E-state index contributed by atoms with van der Waals surface area (Å²) in [6.45, 7) is 0. The topological polar surface area (TPSA) is 52.3 Å². The smallest absolute Gasteiger partial charge is 0.143 e. The van der Waals surface area contributed by atoms with Crippen LogP contribution in [0.4, 0.5) is 4.39 Å². The van der Waals surface area contributed by atoms with Crippen LogP contribution in [-0.4, -0.2) is 21.9 Å². The molecule has 0 aromatic carbocycles. The van der Waals surface area contributed by atoms with Crippen LogP contribution < -0.4 is 0 Å². The molecule has 2 rings (SSSR count). The highest BCUT2D eigenvalue weighted by atomic mass is 35.5. The molecule has 0 fully saturated rings. The Balaban J connectivity index is 2.08. The summed E-state index contributed by atoms with van der Waals surface area (Å²) < 4.78 is 12.9. The van der Waals surface area contributed by atoms with Crippen LogP contribution in [0.25, 0.3) is 0 Å². The summed E-state index contributed by atoms with van der Waals surface area (Å²) in [4.78, 5) is 4.02. The van der Waals surface area contributed by atoms with Crippen molar-refractivity contribution in [1.82, 2.24) is 9.99 Å². The minimum atomic E-state index is -0.469. The van der Waals surface area contributed by atoms with Crippen LogP contribution in [0.3, 0.4) is 0 Å². The Labute approximate surface area is 126 Å². The highest BCUT2D eigenvalue weighted by Gasteiger charge is 2.02. The molecule has 6 heteroatoms. The third-order valence-electron chi connectivity index (χ3n) is 2.27. The summed E-state index contributed by atoms with van der Waals surface area (Å²) in [7, 11) is 0. The van der Waals surface area contributed by atoms with Crippen LogP contribution in [0.5, 0.6) is 0 Å². The van der Waals surface area contributed by atoms with Gasteiger partial charge in [0, 0.05) is 18.6 Å². The third-order valence-corrected chi connectivity index (χ3v) is 2.56. The van der Waals surface area contributed by atoms with Crippen LogP contribution in [0.1, 0.15) is 5.69 Å². The van der Waals surface area contributed by atoms with Crippen LogP contribution in [0.2, 0.25) is 0 Å². The lowest BCUT2D eigenvalue weighted by atomic mass is 10.3. The summed E-state index contributed by atoms with van der Waals surface area (Å²) in [5.41, 5.74) is 0.467. The van der Waals surface area contributed by atoms with E-state index >= 15 is 0 Å². The zero-order chi connectivity index (χ0) is 15.1. The van der Waals surface area contributed by atoms with Crippen LogP contribution in [0.15, 0.2) is 64.9 Å². The van der Waals surface area contributed by atoms with Crippen molar-refractivity contribution in [1.29, 1.82) is 5.41 Å². The highest BCUT2D eigenvalue weighted by Crippen LogP contribution is 2.09. The molecule has 1 aromatic heterocycles. The monoisotopic (exact) mass is 300 g/mol. The minimum Gasteiger partial charge on any atom is -0.291 e. The Hall–Kier alpha value is -2.71. The maximum Gasteiger partial charge on any atom is 0.143 e. The molecule has 4 nitrogen and oxygen atoms in total. The van der Waals surface area contributed by atoms with Gasteiger partial charge < -0.3 is 0 Å². The normalized spacial score (nSPS) is 14.1. The van der Waals surface area contributed by atoms with E-state index in [1.165, 1.54) is 29.6 Å². The molecule has 0 saturated carbocycles. The predicted molar refractivity (Wildman–Crippen MR) is 81.4 cm³/mol. The highest BCUT2D eigenvalue weighted by molar-refractivity contribution is 6.45. The van der Waals surface area contributed by atoms with E-state index in [9.17, 15) is 4.39 Å². The fourth-order valence-corrected chi connectivity index (χ4v) is 1.45. The van der Waals surface area contributed by atoms with Crippen molar-refractivity contribution in [2.24, 2.45) is 5.10 Å². The Morgan fingerprint density at radius 2 is 2.29 bits per heavy atom. The molecule has 0 atom stereocenters. The second-order valence-corrected chi connectivity index (χ2v) is 4.24. The molecular weight excluding hydrogens is 291 g/mol. The van der Waals surface area contributed by atoms with Gasteiger partial charge in [-0.3, -0.25) is 5.41 Å². The standard InChI is InChI=1S/C15H10ClFN4/c16-14(11-21-9-3-4-12(17)10-20-21)15(18)7-6-13-5-1-2-8-19-13/h1-5,8-11,18H/b14-11+,18-15?. The summed E-state index contributed by atoms with van der Waals surface area (Å²) in [6, 6.07) is 5.31. The van der Waals surface area contributed by atoms with Crippen molar-refractivity contribution in [3.05, 3.63) is 65.5 Å². The van der Waals surface area contributed by atoms with Gasteiger partial charge in [-0.2, -0.15) is 5.10 Å². The second kappa shape index (κ2) is 7.17. The van der Waals surface area contributed by atoms with Gasteiger partial charge in [-0.05, 0) is 36.1 Å². The Kier molecular flexibility index (Phi) is 5.02. The van der Waals surface area contributed by atoms with Gasteiger partial charge in [-0.15, -0.1) is 0 Å². The molecule has 1 aliphatic rings. The average Bonchev–Trinajstić information content (AvgIpc) is 2.70. The van der Waals surface area contributed by atoms with Crippen molar-refractivity contribution in [2.45, 2.75) is 0 Å². The zero-order valence-corrected chi connectivity index (χ0v) is 11.5. The molecular formula is C15H10ClFN4. The molecule has 2 heterocycles. The van der Waals surface area contributed by atoms with Gasteiger partial charge in [0.2, 0.25) is 0 Å². The van der Waals surface area contributed by atoms with E-state index in [0.29, 0.717) is 5.69 Å². The largest absolute Gasteiger partial charge is 0.291 e. The van der Waals surface area contributed by atoms with Crippen molar-refractivity contribution < 1.29 is 4.39 Å². The van der Waals surface area contributed by atoms with Gasteiger partial charge in [-0.25, -0.2) is 14.4 Å². The van der Waals surface area contributed by atoms with E-state index in [2.05, 4.69) is 21.9 Å². The van der Waals surface area contributed by atoms with Gasteiger partial charge in [0.25, 0.3) is 0 Å². The van der Waals surface area contributed by atoms with E-state index in [1.54, 1.807) is 24.4 Å². The first-order valence-electron chi connectivity index (χ1n) is 5.91. The average molecular weight is 301 g/mol. The molecule has 0 aliphatic carbocycles. The van der Waals surface area contributed by atoms with Crippen LogP contribution in [-0.2, 0) is 0 Å². The van der Waals surface area contributed by atoms with E-state index in [4.69, 9.17) is 17.0 Å². The van der Waals surface area contributed by atoms with Crippen molar-refractivity contribution in [3.63, 3.8) is 0 Å². The quantitative estimate of drug-likeness (QED) is 0.673. The number of hydrogen-bond acceptors (Lipinski definition) is 4. The minimum absolute atomic E-state index is 0.0800. The lowest BCUT2D eigenvalue weighted by Crippen LogP contribution is -2.03. The number of nitrogens with one attached hydrogen (secondary N) is 1. The van der Waals surface area contributed by atoms with Gasteiger partial charge in [0.1, 0.15) is 17.2 Å². The van der Waals surface area contributed by atoms with Crippen molar-refractivity contribution in [2.75, 3.05) is 0 Å². The molecule has 21 heavy (non-hydrogen) atoms. The lowest BCUT2D eigenvalue weighted by molar-refractivity contribution is 0.547. The third kappa shape index (κ3) is 4.71. The maximum absolute atomic E-state index is 12.9. The van der Waals surface area contributed by atoms with E-state index in [-0.39, 0.29) is 10.7 Å². The SMILES string of the molecule is N=C(C#Cc1ccccn1)/C(Cl)=C\N1C=CC=C(F)C=N1. The van der Waals surface area contributed by atoms with Gasteiger partial charge in [0.15, 0.2) is 0 Å². The first-order valence-corrected chi connectivity index (χ1v) is 6.28. The van der Waals surface area contributed by atoms with Crippen molar-refractivity contribution in [3.8, 4) is 11.8 Å². The Morgan fingerprint density at radius 1 is 1.43 bits per heavy atom. The number of halogens is 2. The maximum atomic E-state index is 12.9. The van der Waals surface area contributed by atoms with E-state index < -0.39 is 5.83 Å². The summed E-state index contributed by atoms with van der Waals surface area (Å²) in [6.07, 6.45) is 8.28. The second-order valence-electron chi connectivity index (χ2n) is 3.83. The molecule has 0 unspecified atom stereocenters. The molecule has 104 valence electrons. The zero-order valence-electron chi connectivity index (χ0n) is 10.8. The lowest BCUT2D eigenvalue weighted by Gasteiger charge is -2.07. The molecule has 1 N–H and O–H groups in total. The molecule has 1 aromatic rings. The summed E-state index contributed by atoms with van der Waals surface area (Å²) in [5, 5.41) is 13.0. The number of hydrogen-bond donors (Lipinski definition) is 1. The Morgan fingerprint density at radius 3 is 3.05 bits per heavy atom. The fraction of sp³-hybridized carbons (Fsp3) is 0. The number of pyridine rings is 1. The summed E-state index contributed by atoms with van der Waals surface area (Å²) >= 11 is 5.97. The number of aromatic nitrogens is 1. The first-order chi connectivity index (χ1) is 10.1. The van der Waals surface area contributed by atoms with Gasteiger partial charge in [0.05, 0.1) is 11.2 Å². The first kappa shape index (κ1) is 14.7. The molecule has 0 bridgehead atoms. The predicted octanol–water partition coefficient (Wildman–Crippen LogP) is 3.20. The number of rotatable bonds is 2. The number of hydrazone groups is 1. The molecule has 1 aliphatic heterocycles. The van der Waals surface area contributed by atoms with Gasteiger partial charge >= 0.3 is 0 Å². The van der Waals surface area contributed by atoms with Crippen molar-refractivity contribution >= 4 is 23.5 Å². The van der Waals surface area contributed by atoms with Crippen LogP contribution in [0, 0.1) is 17.3 Å². The number of nitrogens with zero attached hydrogens (tertiary/aromatic N) is 3. The van der Waals surface area contributed by atoms with E-state index in [1.807, 2.05) is 0 Å². The van der Waals surface area contributed by atoms with E-state index in [0.717, 1.165) is 6.21 Å². The Bertz CT molecular complexity index is 708. The van der Waals surface area contributed by atoms with Gasteiger partial charge in [-0.1, -0.05) is 17.7 Å². The fourth-order valence-electron chi connectivity index (χ4n) is 1.31. The molecule has 0 radical (unpaired) electrons.